The molecule has 0 saturated carbocycles. The first-order valence-corrected chi connectivity index (χ1v) is 7.90. The molecule has 0 radical (unpaired) electrons. The van der Waals surface area contributed by atoms with Crippen molar-refractivity contribution in [1.82, 2.24) is 15.4 Å². The van der Waals surface area contributed by atoms with Gasteiger partial charge in [0.2, 0.25) is 10.0 Å². The maximum absolute atomic E-state index is 11.8. The minimum atomic E-state index is -3.47. The summed E-state index contributed by atoms with van der Waals surface area (Å²) in [7, 11) is -2.12. The van der Waals surface area contributed by atoms with Gasteiger partial charge in [-0.3, -0.25) is 4.79 Å². The van der Waals surface area contributed by atoms with Crippen molar-refractivity contribution in [2.75, 3.05) is 26.7 Å². The molecule has 1 aromatic rings. The summed E-state index contributed by atoms with van der Waals surface area (Å²) in [5.74, 6) is 0.263. The van der Waals surface area contributed by atoms with Crippen molar-refractivity contribution in [3.05, 3.63) is 16.3 Å². The number of hydrogen-bond donors (Lipinski definition) is 3. The Kier molecular flexibility index (Phi) is 4.00. The average molecular weight is 289 g/mol. The first-order chi connectivity index (χ1) is 8.53. The Balaban J connectivity index is 1.98. The van der Waals surface area contributed by atoms with Crippen molar-refractivity contribution < 1.29 is 13.2 Å². The second-order valence-corrected chi connectivity index (χ2v) is 6.89. The molecule has 100 valence electrons. The molecule has 2 heterocycles. The number of nitrogens with one attached hydrogen (secondary N) is 3. The van der Waals surface area contributed by atoms with Gasteiger partial charge in [0.1, 0.15) is 0 Å². The summed E-state index contributed by atoms with van der Waals surface area (Å²) in [5, 5.41) is 7.38. The predicted molar refractivity (Wildman–Crippen MR) is 69.3 cm³/mol. The number of amides is 1. The van der Waals surface area contributed by atoms with Crippen LogP contribution in [0, 0.1) is 5.92 Å². The van der Waals surface area contributed by atoms with Crippen molar-refractivity contribution in [2.45, 2.75) is 4.90 Å². The molecule has 1 aliphatic rings. The van der Waals surface area contributed by atoms with Crippen LogP contribution in [-0.2, 0) is 10.0 Å². The molecule has 6 nitrogen and oxygen atoms in total. The van der Waals surface area contributed by atoms with E-state index in [9.17, 15) is 13.2 Å². The standard InChI is InChI=1S/C10H15N3O3S2/c1-11-18(15,16)8-2-9(17-6-8)10(14)13-5-7-3-12-4-7/h2,6-7,11-12H,3-5H2,1H3,(H,13,14). The minimum absolute atomic E-state index is 0.130. The Morgan fingerprint density at radius 3 is 2.83 bits per heavy atom. The molecular formula is C10H15N3O3S2. The van der Waals surface area contributed by atoms with Crippen LogP contribution in [0.15, 0.2) is 16.3 Å². The van der Waals surface area contributed by atoms with Crippen molar-refractivity contribution in [3.8, 4) is 0 Å². The fourth-order valence-electron chi connectivity index (χ4n) is 1.51. The molecule has 2 rings (SSSR count). The van der Waals surface area contributed by atoms with E-state index in [1.165, 1.54) is 18.5 Å². The van der Waals surface area contributed by atoms with Gasteiger partial charge in [0.25, 0.3) is 5.91 Å². The summed E-state index contributed by atoms with van der Waals surface area (Å²) in [6.45, 7) is 2.46. The first kappa shape index (κ1) is 13.5. The lowest BCUT2D eigenvalue weighted by Crippen LogP contribution is -2.48. The van der Waals surface area contributed by atoms with E-state index in [4.69, 9.17) is 0 Å². The Hall–Kier alpha value is -0.960. The van der Waals surface area contributed by atoms with Gasteiger partial charge in [-0.05, 0) is 13.1 Å². The van der Waals surface area contributed by atoms with Gasteiger partial charge in [-0.1, -0.05) is 0 Å². The molecule has 0 unspecified atom stereocenters. The van der Waals surface area contributed by atoms with Crippen LogP contribution in [0.4, 0.5) is 0 Å². The first-order valence-electron chi connectivity index (χ1n) is 5.54. The van der Waals surface area contributed by atoms with Crippen LogP contribution < -0.4 is 15.4 Å². The van der Waals surface area contributed by atoms with E-state index in [0.717, 1.165) is 24.4 Å². The van der Waals surface area contributed by atoms with Gasteiger partial charge < -0.3 is 10.6 Å². The van der Waals surface area contributed by atoms with E-state index in [1.54, 1.807) is 0 Å². The molecule has 1 saturated heterocycles. The quantitative estimate of drug-likeness (QED) is 0.689. The van der Waals surface area contributed by atoms with Crippen LogP contribution in [0.25, 0.3) is 0 Å². The lowest BCUT2D eigenvalue weighted by molar-refractivity contribution is 0.0946. The van der Waals surface area contributed by atoms with Crippen LogP contribution in [0.3, 0.4) is 0 Å². The lowest BCUT2D eigenvalue weighted by atomic mass is 10.0. The lowest BCUT2D eigenvalue weighted by Gasteiger charge is -2.26. The highest BCUT2D eigenvalue weighted by Crippen LogP contribution is 2.18. The normalized spacial score (nSPS) is 16.3. The van der Waals surface area contributed by atoms with Crippen molar-refractivity contribution >= 4 is 27.3 Å². The van der Waals surface area contributed by atoms with E-state index >= 15 is 0 Å². The third-order valence-corrected chi connectivity index (χ3v) is 5.27. The number of carbonyl (C=O) groups is 1. The summed E-state index contributed by atoms with van der Waals surface area (Å²) >= 11 is 1.13. The molecule has 0 aromatic carbocycles. The predicted octanol–water partition coefficient (Wildman–Crippen LogP) is -0.395. The number of carbonyl (C=O) groups excluding carboxylic acids is 1. The molecule has 1 aliphatic heterocycles. The van der Waals surface area contributed by atoms with Crippen LogP contribution in [-0.4, -0.2) is 41.0 Å². The Morgan fingerprint density at radius 2 is 2.28 bits per heavy atom. The molecule has 18 heavy (non-hydrogen) atoms. The van der Waals surface area contributed by atoms with Gasteiger partial charge in [-0.15, -0.1) is 11.3 Å². The van der Waals surface area contributed by atoms with E-state index in [-0.39, 0.29) is 10.8 Å². The van der Waals surface area contributed by atoms with Crippen LogP contribution in [0.1, 0.15) is 9.67 Å². The molecule has 0 bridgehead atoms. The molecule has 8 heteroatoms. The molecule has 0 atom stereocenters. The summed E-state index contributed by atoms with van der Waals surface area (Å²) in [4.78, 5) is 12.3. The van der Waals surface area contributed by atoms with Crippen LogP contribution >= 0.6 is 11.3 Å². The van der Waals surface area contributed by atoms with Gasteiger partial charge in [0.15, 0.2) is 0 Å². The maximum Gasteiger partial charge on any atom is 0.261 e. The minimum Gasteiger partial charge on any atom is -0.351 e. The zero-order chi connectivity index (χ0) is 13.2. The second-order valence-electron chi connectivity index (χ2n) is 4.09. The molecular weight excluding hydrogens is 274 g/mol. The highest BCUT2D eigenvalue weighted by molar-refractivity contribution is 7.89. The SMILES string of the molecule is CNS(=O)(=O)c1csc(C(=O)NCC2CNC2)c1. The average Bonchev–Trinajstić information content (AvgIpc) is 2.76. The molecule has 1 amide bonds. The number of hydrogen-bond acceptors (Lipinski definition) is 5. The fourth-order valence-corrected chi connectivity index (χ4v) is 3.43. The summed E-state index contributed by atoms with van der Waals surface area (Å²) in [6, 6.07) is 1.39. The zero-order valence-electron chi connectivity index (χ0n) is 9.89. The monoisotopic (exact) mass is 289 g/mol. The third kappa shape index (κ3) is 2.89. The molecule has 0 spiro atoms. The van der Waals surface area contributed by atoms with E-state index in [1.807, 2.05) is 0 Å². The summed E-state index contributed by atoms with van der Waals surface area (Å²) < 4.78 is 25.2. The van der Waals surface area contributed by atoms with Crippen LogP contribution in [0.2, 0.25) is 0 Å². The second kappa shape index (κ2) is 5.35. The van der Waals surface area contributed by atoms with Crippen molar-refractivity contribution in [2.24, 2.45) is 5.92 Å². The van der Waals surface area contributed by atoms with E-state index < -0.39 is 10.0 Å². The topological polar surface area (TPSA) is 87.3 Å². The van der Waals surface area contributed by atoms with E-state index in [2.05, 4.69) is 15.4 Å². The Morgan fingerprint density at radius 1 is 1.56 bits per heavy atom. The maximum atomic E-state index is 11.8. The number of sulfonamides is 1. The molecule has 1 fully saturated rings. The third-order valence-electron chi connectivity index (χ3n) is 2.80. The van der Waals surface area contributed by atoms with Crippen molar-refractivity contribution in [1.29, 1.82) is 0 Å². The van der Waals surface area contributed by atoms with Gasteiger partial charge in [0.05, 0.1) is 9.77 Å². The fraction of sp³-hybridized carbons (Fsp3) is 0.500. The van der Waals surface area contributed by atoms with Crippen LogP contribution in [0.5, 0.6) is 0 Å². The zero-order valence-corrected chi connectivity index (χ0v) is 11.5. The molecule has 1 aromatic heterocycles. The summed E-state index contributed by atoms with van der Waals surface area (Å²) in [6.07, 6.45) is 0. The number of rotatable bonds is 5. The smallest absolute Gasteiger partial charge is 0.261 e. The van der Waals surface area contributed by atoms with Crippen molar-refractivity contribution in [3.63, 3.8) is 0 Å². The van der Waals surface area contributed by atoms with E-state index in [0.29, 0.717) is 17.3 Å². The molecule has 0 aliphatic carbocycles. The Labute approximate surface area is 110 Å². The highest BCUT2D eigenvalue weighted by atomic mass is 32.2. The van der Waals surface area contributed by atoms with Gasteiger partial charge in [0, 0.05) is 30.9 Å². The molecule has 3 N–H and O–H groups in total. The largest absolute Gasteiger partial charge is 0.351 e. The Bertz CT molecular complexity index is 534. The van der Waals surface area contributed by atoms with Gasteiger partial charge in [-0.2, -0.15) is 0 Å². The number of thiophene rings is 1. The van der Waals surface area contributed by atoms with Gasteiger partial charge >= 0.3 is 0 Å². The summed E-state index contributed by atoms with van der Waals surface area (Å²) in [5.41, 5.74) is 0. The highest BCUT2D eigenvalue weighted by Gasteiger charge is 2.20. The van der Waals surface area contributed by atoms with Gasteiger partial charge in [-0.25, -0.2) is 13.1 Å².